The van der Waals surface area contributed by atoms with E-state index in [9.17, 15) is 9.90 Å². The predicted molar refractivity (Wildman–Crippen MR) is 77.2 cm³/mol. The zero-order valence-electron chi connectivity index (χ0n) is 11.3. The molecule has 104 valence electrons. The number of fused-ring (bicyclic) bond motifs is 1. The molecule has 0 spiro atoms. The normalized spacial score (nSPS) is 10.4. The first-order valence-corrected chi connectivity index (χ1v) is 7.01. The number of carboxylic acids is 1. The van der Waals surface area contributed by atoms with Gasteiger partial charge in [0.1, 0.15) is 21.9 Å². The summed E-state index contributed by atoms with van der Waals surface area (Å²) in [6.07, 6.45) is 1.84. The number of nitriles is 1. The lowest BCUT2D eigenvalue weighted by Crippen LogP contribution is -2.25. The largest absolute Gasteiger partial charge is 0.477 e. The highest BCUT2D eigenvalue weighted by atomic mass is 32.1. The Morgan fingerprint density at radius 2 is 2.30 bits per heavy atom. The third-order valence-electron chi connectivity index (χ3n) is 3.08. The molecule has 0 saturated heterocycles. The second-order valence-electron chi connectivity index (χ2n) is 4.23. The van der Waals surface area contributed by atoms with Gasteiger partial charge in [0.15, 0.2) is 0 Å². The van der Waals surface area contributed by atoms with Gasteiger partial charge in [0.05, 0.1) is 17.9 Å². The van der Waals surface area contributed by atoms with Crippen LogP contribution in [-0.2, 0) is 0 Å². The van der Waals surface area contributed by atoms with Crippen molar-refractivity contribution in [2.24, 2.45) is 0 Å². The molecule has 0 unspecified atom stereocenters. The maximum atomic E-state index is 11.2. The van der Waals surface area contributed by atoms with Crippen molar-refractivity contribution < 1.29 is 9.90 Å². The molecule has 0 bridgehead atoms. The number of thiophene rings is 1. The van der Waals surface area contributed by atoms with Crippen LogP contribution in [-0.4, -0.2) is 34.1 Å². The highest BCUT2D eigenvalue weighted by Gasteiger charge is 2.20. The second kappa shape index (κ2) is 5.84. The quantitative estimate of drug-likeness (QED) is 0.909. The number of aromatic carboxylic acids is 1. The van der Waals surface area contributed by atoms with Crippen LogP contribution in [0.5, 0.6) is 0 Å². The number of rotatable bonds is 5. The van der Waals surface area contributed by atoms with E-state index in [1.165, 1.54) is 6.33 Å². The summed E-state index contributed by atoms with van der Waals surface area (Å²) in [4.78, 5) is 22.6. The summed E-state index contributed by atoms with van der Waals surface area (Å²) in [5, 5.41) is 18.7. The molecule has 6 nitrogen and oxygen atoms in total. The fourth-order valence-electron chi connectivity index (χ4n) is 2.10. The van der Waals surface area contributed by atoms with E-state index >= 15 is 0 Å². The van der Waals surface area contributed by atoms with E-state index < -0.39 is 5.97 Å². The number of nitrogens with zero attached hydrogens (tertiary/aromatic N) is 4. The molecule has 0 aliphatic rings. The van der Waals surface area contributed by atoms with E-state index in [-0.39, 0.29) is 4.88 Å². The molecule has 2 aromatic rings. The van der Waals surface area contributed by atoms with E-state index in [4.69, 9.17) is 5.26 Å². The third-order valence-corrected chi connectivity index (χ3v) is 4.26. The lowest BCUT2D eigenvalue weighted by Gasteiger charge is -2.21. The van der Waals surface area contributed by atoms with Crippen LogP contribution in [0.2, 0.25) is 0 Å². The topological polar surface area (TPSA) is 90.1 Å². The van der Waals surface area contributed by atoms with Crippen molar-refractivity contribution in [2.45, 2.75) is 20.3 Å². The first-order chi connectivity index (χ1) is 9.60. The van der Waals surface area contributed by atoms with Crippen LogP contribution in [0.3, 0.4) is 0 Å². The summed E-state index contributed by atoms with van der Waals surface area (Å²) < 4.78 is 0. The van der Waals surface area contributed by atoms with Crippen LogP contribution in [0.15, 0.2) is 6.33 Å². The molecule has 0 aliphatic heterocycles. The Labute approximate surface area is 120 Å². The minimum absolute atomic E-state index is 0.290. The van der Waals surface area contributed by atoms with Crippen molar-refractivity contribution in [3.8, 4) is 6.07 Å². The third kappa shape index (κ3) is 2.42. The fraction of sp³-hybridized carbons (Fsp3) is 0.385. The second-order valence-corrected chi connectivity index (χ2v) is 5.23. The molecule has 2 rings (SSSR count). The highest BCUT2D eigenvalue weighted by Crippen LogP contribution is 2.34. The molecule has 0 atom stereocenters. The Balaban J connectivity index is 2.58. The van der Waals surface area contributed by atoms with Crippen molar-refractivity contribution in [3.05, 3.63) is 16.8 Å². The standard InChI is InChI=1S/C13H14N4O2S/c1-3-17(6-4-5-14)11-9-8(2)10(13(18)19)20-12(9)16-7-15-11/h7H,3-4,6H2,1-2H3,(H,18,19). The lowest BCUT2D eigenvalue weighted by molar-refractivity contribution is 0.0701. The van der Waals surface area contributed by atoms with Gasteiger partial charge >= 0.3 is 5.97 Å². The lowest BCUT2D eigenvalue weighted by atomic mass is 10.2. The van der Waals surface area contributed by atoms with Gasteiger partial charge < -0.3 is 10.0 Å². The first-order valence-electron chi connectivity index (χ1n) is 6.19. The van der Waals surface area contributed by atoms with E-state index in [1.807, 2.05) is 11.8 Å². The predicted octanol–water partition coefficient (Wildman–Crippen LogP) is 2.44. The van der Waals surface area contributed by atoms with Gasteiger partial charge in [-0.25, -0.2) is 14.8 Å². The molecule has 0 saturated carbocycles. The molecule has 1 N–H and O–H groups in total. The summed E-state index contributed by atoms with van der Waals surface area (Å²) in [5.41, 5.74) is 0.684. The number of hydrogen-bond acceptors (Lipinski definition) is 6. The number of aryl methyl sites for hydroxylation is 1. The molecule has 0 aromatic carbocycles. The summed E-state index contributed by atoms with van der Waals surface area (Å²) >= 11 is 1.16. The fourth-order valence-corrected chi connectivity index (χ4v) is 3.08. The van der Waals surface area contributed by atoms with Crippen LogP contribution in [0, 0.1) is 18.3 Å². The van der Waals surface area contributed by atoms with Crippen molar-refractivity contribution in [1.29, 1.82) is 5.26 Å². The number of aromatic nitrogens is 2. The Morgan fingerprint density at radius 1 is 1.55 bits per heavy atom. The maximum absolute atomic E-state index is 11.2. The zero-order valence-corrected chi connectivity index (χ0v) is 12.1. The van der Waals surface area contributed by atoms with Crippen LogP contribution in [0.25, 0.3) is 10.2 Å². The Bertz CT molecular complexity index is 689. The van der Waals surface area contributed by atoms with Gasteiger partial charge in [-0.3, -0.25) is 0 Å². The van der Waals surface area contributed by atoms with Crippen LogP contribution < -0.4 is 4.90 Å². The molecule has 0 amide bonds. The van der Waals surface area contributed by atoms with Gasteiger partial charge in [0.2, 0.25) is 0 Å². The molecule has 0 radical (unpaired) electrons. The van der Waals surface area contributed by atoms with Crippen LogP contribution in [0.4, 0.5) is 5.82 Å². The van der Waals surface area contributed by atoms with Crippen LogP contribution >= 0.6 is 11.3 Å². The van der Waals surface area contributed by atoms with E-state index in [2.05, 4.69) is 16.0 Å². The zero-order chi connectivity index (χ0) is 14.7. The molecule has 0 fully saturated rings. The number of anilines is 1. The van der Waals surface area contributed by atoms with Gasteiger partial charge in [0, 0.05) is 13.1 Å². The number of carbonyl (C=O) groups is 1. The highest BCUT2D eigenvalue weighted by molar-refractivity contribution is 7.20. The Hall–Kier alpha value is -2.20. The average molecular weight is 290 g/mol. The molecule has 7 heteroatoms. The molecular weight excluding hydrogens is 276 g/mol. The smallest absolute Gasteiger partial charge is 0.346 e. The van der Waals surface area contributed by atoms with Gasteiger partial charge in [0.25, 0.3) is 0 Å². The van der Waals surface area contributed by atoms with Crippen molar-refractivity contribution in [2.75, 3.05) is 18.0 Å². The summed E-state index contributed by atoms with van der Waals surface area (Å²) in [6, 6.07) is 2.11. The number of carboxylic acid groups (broad SMARTS) is 1. The molecule has 2 aromatic heterocycles. The molecule has 2 heterocycles. The molecule has 0 aliphatic carbocycles. The minimum atomic E-state index is -0.948. The van der Waals surface area contributed by atoms with E-state index in [1.54, 1.807) is 6.92 Å². The SMILES string of the molecule is CCN(CCC#N)c1ncnc2sc(C(=O)O)c(C)c12. The average Bonchev–Trinajstić information content (AvgIpc) is 2.78. The van der Waals surface area contributed by atoms with E-state index in [0.29, 0.717) is 35.7 Å². The van der Waals surface area contributed by atoms with Gasteiger partial charge in [-0.1, -0.05) is 0 Å². The first kappa shape index (κ1) is 14.2. The van der Waals surface area contributed by atoms with E-state index in [0.717, 1.165) is 16.7 Å². The van der Waals surface area contributed by atoms with Crippen molar-refractivity contribution >= 4 is 33.3 Å². The van der Waals surface area contributed by atoms with Gasteiger partial charge in [-0.2, -0.15) is 5.26 Å². The van der Waals surface area contributed by atoms with Crippen LogP contribution in [0.1, 0.15) is 28.6 Å². The maximum Gasteiger partial charge on any atom is 0.346 e. The monoisotopic (exact) mass is 290 g/mol. The Kier molecular flexibility index (Phi) is 4.15. The Morgan fingerprint density at radius 3 is 2.90 bits per heavy atom. The summed E-state index contributed by atoms with van der Waals surface area (Å²) in [6.45, 7) is 5.01. The van der Waals surface area contributed by atoms with Crippen molar-refractivity contribution in [3.63, 3.8) is 0 Å². The summed E-state index contributed by atoms with van der Waals surface area (Å²) in [7, 11) is 0. The van der Waals surface area contributed by atoms with Gasteiger partial charge in [-0.15, -0.1) is 11.3 Å². The van der Waals surface area contributed by atoms with Gasteiger partial charge in [-0.05, 0) is 19.4 Å². The van der Waals surface area contributed by atoms with Crippen molar-refractivity contribution in [1.82, 2.24) is 9.97 Å². The summed E-state index contributed by atoms with van der Waals surface area (Å²) in [5.74, 6) is -0.245. The molecule has 20 heavy (non-hydrogen) atoms. The number of hydrogen-bond donors (Lipinski definition) is 1. The molecular formula is C13H14N4O2S. The minimum Gasteiger partial charge on any atom is -0.477 e.